The molecule has 2 rings (SSSR count). The molecule has 0 unspecified atom stereocenters. The molecule has 0 saturated carbocycles. The molecule has 117 valence electrons. The molecule has 0 aliphatic heterocycles. The van der Waals surface area contributed by atoms with Crippen molar-refractivity contribution in [2.24, 2.45) is 5.41 Å². The van der Waals surface area contributed by atoms with Crippen molar-refractivity contribution < 1.29 is 4.74 Å². The van der Waals surface area contributed by atoms with Crippen LogP contribution in [0.25, 0.3) is 0 Å². The summed E-state index contributed by atoms with van der Waals surface area (Å²) in [5.41, 5.74) is 3.02. The van der Waals surface area contributed by atoms with Gasteiger partial charge in [-0.05, 0) is 46.6 Å². The lowest BCUT2D eigenvalue weighted by atomic mass is 9.72. The monoisotopic (exact) mass is 295 g/mol. The zero-order valence-corrected chi connectivity index (χ0v) is 14.4. The van der Waals surface area contributed by atoms with Crippen molar-refractivity contribution in [3.63, 3.8) is 0 Å². The number of rotatable bonds is 5. The normalized spacial score (nSPS) is 12.2. The molecule has 0 N–H and O–H groups in total. The van der Waals surface area contributed by atoms with E-state index >= 15 is 0 Å². The molecule has 0 bridgehead atoms. The molecule has 2 aromatic rings. The molecule has 0 fully saturated rings. The van der Waals surface area contributed by atoms with Crippen LogP contribution < -0.4 is 4.74 Å². The fourth-order valence-corrected chi connectivity index (χ4v) is 3.11. The maximum absolute atomic E-state index is 5.85. The minimum absolute atomic E-state index is 0.173. The first-order chi connectivity index (χ1) is 10.3. The van der Waals surface area contributed by atoms with E-state index in [1.807, 2.05) is 24.3 Å². The van der Waals surface area contributed by atoms with E-state index in [1.54, 1.807) is 0 Å². The van der Waals surface area contributed by atoms with Crippen molar-refractivity contribution in [1.29, 1.82) is 0 Å². The van der Waals surface area contributed by atoms with Gasteiger partial charge < -0.3 is 4.74 Å². The smallest absolute Gasteiger partial charge is 0.119 e. The van der Waals surface area contributed by atoms with Crippen LogP contribution >= 0.6 is 0 Å². The third-order valence-corrected chi connectivity index (χ3v) is 3.80. The standard InChI is InChI=1S/C21H27O/c1-20(2,3)16-21(4,5)18-11-13-19(14-12-18)22-15-17-9-7-6-8-10-17/h7-14H,15-16H2,1-5H3. The van der Waals surface area contributed by atoms with Crippen molar-refractivity contribution in [1.82, 2.24) is 0 Å². The fraction of sp³-hybridized carbons (Fsp3) is 0.429. The van der Waals surface area contributed by atoms with Crippen LogP contribution in [0.4, 0.5) is 0 Å². The molecule has 0 saturated heterocycles. The van der Waals surface area contributed by atoms with Crippen molar-refractivity contribution >= 4 is 0 Å². The van der Waals surface area contributed by atoms with Gasteiger partial charge in [-0.1, -0.05) is 71.0 Å². The largest absolute Gasteiger partial charge is 0.489 e. The average Bonchev–Trinajstić information content (AvgIpc) is 2.44. The summed E-state index contributed by atoms with van der Waals surface area (Å²) in [5.74, 6) is 0.920. The predicted molar refractivity (Wildman–Crippen MR) is 93.2 cm³/mol. The van der Waals surface area contributed by atoms with Gasteiger partial charge in [0.2, 0.25) is 0 Å². The van der Waals surface area contributed by atoms with E-state index in [0.29, 0.717) is 12.0 Å². The van der Waals surface area contributed by atoms with E-state index in [1.165, 1.54) is 5.56 Å². The number of ether oxygens (including phenoxy) is 1. The first-order valence-corrected chi connectivity index (χ1v) is 7.95. The first-order valence-electron chi connectivity index (χ1n) is 7.95. The van der Waals surface area contributed by atoms with Crippen molar-refractivity contribution in [2.75, 3.05) is 0 Å². The SMILES string of the molecule is CC(C)(C)CC(C)(C)c1ccc(OCc2cc[c]cc2)cc1. The van der Waals surface area contributed by atoms with Gasteiger partial charge in [-0.25, -0.2) is 0 Å². The maximum atomic E-state index is 5.85. The Bertz CT molecular complexity index is 574. The van der Waals surface area contributed by atoms with Gasteiger partial charge in [0, 0.05) is 0 Å². The molecule has 0 atom stereocenters. The number of benzene rings is 2. The van der Waals surface area contributed by atoms with Gasteiger partial charge in [0.05, 0.1) is 0 Å². The Kier molecular flexibility index (Phi) is 4.95. The molecule has 0 aliphatic carbocycles. The van der Waals surface area contributed by atoms with Crippen LogP contribution in [0.3, 0.4) is 0 Å². The van der Waals surface area contributed by atoms with Crippen LogP contribution in [-0.2, 0) is 12.0 Å². The zero-order chi connectivity index (χ0) is 16.2. The summed E-state index contributed by atoms with van der Waals surface area (Å²) >= 11 is 0. The summed E-state index contributed by atoms with van der Waals surface area (Å²) in [6.45, 7) is 12.1. The molecule has 0 spiro atoms. The molecule has 0 amide bonds. The molecular weight excluding hydrogens is 268 g/mol. The Labute approximate surface area is 135 Å². The Hall–Kier alpha value is -1.76. The highest BCUT2D eigenvalue weighted by Gasteiger charge is 2.27. The molecule has 0 aromatic heterocycles. The molecular formula is C21H27O. The minimum atomic E-state index is 0.173. The lowest BCUT2D eigenvalue weighted by molar-refractivity contribution is 0.283. The van der Waals surface area contributed by atoms with E-state index in [4.69, 9.17) is 4.74 Å². The van der Waals surface area contributed by atoms with E-state index < -0.39 is 0 Å². The van der Waals surface area contributed by atoms with Crippen LogP contribution in [0.5, 0.6) is 5.75 Å². The summed E-state index contributed by atoms with van der Waals surface area (Å²) < 4.78 is 5.85. The highest BCUT2D eigenvalue weighted by atomic mass is 16.5. The van der Waals surface area contributed by atoms with Gasteiger partial charge in [0.15, 0.2) is 0 Å². The zero-order valence-electron chi connectivity index (χ0n) is 14.4. The third-order valence-electron chi connectivity index (χ3n) is 3.80. The minimum Gasteiger partial charge on any atom is -0.489 e. The molecule has 0 aliphatic rings. The molecule has 0 heterocycles. The van der Waals surface area contributed by atoms with Crippen LogP contribution in [0.2, 0.25) is 0 Å². The lowest BCUT2D eigenvalue weighted by Gasteiger charge is -2.33. The molecule has 1 nitrogen and oxygen atoms in total. The Morgan fingerprint density at radius 3 is 2.00 bits per heavy atom. The van der Waals surface area contributed by atoms with Gasteiger partial charge in [0.1, 0.15) is 12.4 Å². The second-order valence-corrected chi connectivity index (χ2v) is 7.84. The van der Waals surface area contributed by atoms with Gasteiger partial charge in [-0.2, -0.15) is 0 Å². The quantitative estimate of drug-likeness (QED) is 0.679. The lowest BCUT2D eigenvalue weighted by Crippen LogP contribution is -2.24. The number of hydrogen-bond acceptors (Lipinski definition) is 1. The van der Waals surface area contributed by atoms with Crippen molar-refractivity contribution in [3.8, 4) is 5.75 Å². The topological polar surface area (TPSA) is 9.23 Å². The highest BCUT2D eigenvalue weighted by molar-refractivity contribution is 5.32. The van der Waals surface area contributed by atoms with Crippen LogP contribution in [0.1, 0.15) is 52.2 Å². The van der Waals surface area contributed by atoms with E-state index in [-0.39, 0.29) is 5.41 Å². The predicted octanol–water partition coefficient (Wildman–Crippen LogP) is 5.78. The Morgan fingerprint density at radius 1 is 0.864 bits per heavy atom. The Balaban J connectivity index is 2.01. The second-order valence-electron chi connectivity index (χ2n) is 7.84. The van der Waals surface area contributed by atoms with E-state index in [0.717, 1.165) is 17.7 Å². The van der Waals surface area contributed by atoms with Gasteiger partial charge >= 0.3 is 0 Å². The van der Waals surface area contributed by atoms with Crippen molar-refractivity contribution in [3.05, 3.63) is 65.7 Å². The van der Waals surface area contributed by atoms with Gasteiger partial charge in [0.25, 0.3) is 0 Å². The van der Waals surface area contributed by atoms with E-state index in [2.05, 4.69) is 65.0 Å². The molecule has 2 aromatic carbocycles. The highest BCUT2D eigenvalue weighted by Crippen LogP contribution is 2.36. The van der Waals surface area contributed by atoms with Gasteiger partial charge in [-0.15, -0.1) is 0 Å². The Morgan fingerprint density at radius 2 is 1.45 bits per heavy atom. The summed E-state index contributed by atoms with van der Waals surface area (Å²) in [6.07, 6.45) is 1.15. The summed E-state index contributed by atoms with van der Waals surface area (Å²) in [4.78, 5) is 0. The molecule has 22 heavy (non-hydrogen) atoms. The summed E-state index contributed by atoms with van der Waals surface area (Å²) in [6, 6.07) is 19.4. The molecule has 1 radical (unpaired) electrons. The summed E-state index contributed by atoms with van der Waals surface area (Å²) in [5, 5.41) is 0. The van der Waals surface area contributed by atoms with Crippen molar-refractivity contribution in [2.45, 2.75) is 53.1 Å². The second kappa shape index (κ2) is 6.56. The fourth-order valence-electron chi connectivity index (χ4n) is 3.11. The van der Waals surface area contributed by atoms with E-state index in [9.17, 15) is 0 Å². The maximum Gasteiger partial charge on any atom is 0.119 e. The third kappa shape index (κ3) is 4.91. The van der Waals surface area contributed by atoms with Gasteiger partial charge in [-0.3, -0.25) is 0 Å². The van der Waals surface area contributed by atoms with Crippen LogP contribution in [0.15, 0.2) is 48.5 Å². The average molecular weight is 295 g/mol. The summed E-state index contributed by atoms with van der Waals surface area (Å²) in [7, 11) is 0. The number of hydrogen-bond donors (Lipinski definition) is 0. The van der Waals surface area contributed by atoms with Crippen LogP contribution in [0, 0.1) is 11.5 Å². The van der Waals surface area contributed by atoms with Crippen LogP contribution in [-0.4, -0.2) is 0 Å². The first kappa shape index (κ1) is 16.6. The molecule has 1 heteroatoms.